The van der Waals surface area contributed by atoms with Gasteiger partial charge in [-0.1, -0.05) is 6.07 Å². The maximum Gasteiger partial charge on any atom is 0.306 e. The normalized spacial score (nSPS) is 9.76. The minimum atomic E-state index is -0.912. The average Bonchev–Trinajstić information content (AvgIpc) is 2.28. The molecule has 1 amide bonds. The molecule has 0 heterocycles. The number of carboxylic acid groups (broad SMARTS) is 1. The van der Waals surface area contributed by atoms with Crippen molar-refractivity contribution < 1.29 is 19.4 Å². The van der Waals surface area contributed by atoms with E-state index in [0.717, 1.165) is 0 Å². The third kappa shape index (κ3) is 4.14. The van der Waals surface area contributed by atoms with Gasteiger partial charge in [0.1, 0.15) is 5.75 Å². The molecule has 0 atom stereocenters. The number of hydrogen-bond acceptors (Lipinski definition) is 3. The summed E-state index contributed by atoms with van der Waals surface area (Å²) in [6.45, 7) is 0.0922. The molecule has 0 unspecified atom stereocenters. The number of amides is 1. The lowest BCUT2D eigenvalue weighted by Gasteiger charge is -2.11. The first-order valence-electron chi connectivity index (χ1n) is 5.17. The van der Waals surface area contributed by atoms with Gasteiger partial charge in [-0.05, 0) is 18.2 Å². The summed E-state index contributed by atoms with van der Waals surface area (Å²) in [5.41, 5.74) is 0.517. The quantitative estimate of drug-likeness (QED) is 0.836. The topological polar surface area (TPSA) is 66.8 Å². The Labute approximate surface area is 99.6 Å². The van der Waals surface area contributed by atoms with Gasteiger partial charge in [-0.15, -0.1) is 0 Å². The van der Waals surface area contributed by atoms with Gasteiger partial charge >= 0.3 is 5.97 Å². The lowest BCUT2D eigenvalue weighted by Crippen LogP contribution is -2.21. The van der Waals surface area contributed by atoms with Crippen molar-refractivity contribution in [1.82, 2.24) is 4.90 Å². The number of rotatable bonds is 5. The molecule has 5 nitrogen and oxygen atoms in total. The van der Waals surface area contributed by atoms with E-state index in [1.807, 2.05) is 0 Å². The molecular weight excluding hydrogens is 222 g/mol. The predicted molar refractivity (Wildman–Crippen MR) is 62.2 cm³/mol. The number of carbonyl (C=O) groups excluding carboxylic acids is 1. The van der Waals surface area contributed by atoms with Crippen LogP contribution >= 0.6 is 0 Å². The molecule has 0 aliphatic heterocycles. The number of aliphatic carboxylic acids is 1. The highest BCUT2D eigenvalue weighted by Gasteiger charge is 2.08. The zero-order chi connectivity index (χ0) is 12.8. The van der Waals surface area contributed by atoms with E-state index in [0.29, 0.717) is 11.3 Å². The first kappa shape index (κ1) is 13.0. The highest BCUT2D eigenvalue weighted by molar-refractivity contribution is 5.94. The van der Waals surface area contributed by atoms with E-state index in [-0.39, 0.29) is 18.9 Å². The third-order valence-corrected chi connectivity index (χ3v) is 2.07. The number of hydrogen-bond donors (Lipinski definition) is 1. The number of carboxylic acids is 1. The second kappa shape index (κ2) is 5.89. The van der Waals surface area contributed by atoms with Crippen molar-refractivity contribution in [2.75, 3.05) is 20.7 Å². The average molecular weight is 237 g/mol. The molecule has 0 aromatic heterocycles. The van der Waals surface area contributed by atoms with Gasteiger partial charge in [0.2, 0.25) is 0 Å². The van der Waals surface area contributed by atoms with Gasteiger partial charge in [-0.3, -0.25) is 9.59 Å². The molecule has 0 spiro atoms. The molecule has 5 heteroatoms. The van der Waals surface area contributed by atoms with Crippen LogP contribution in [0.5, 0.6) is 5.75 Å². The number of nitrogens with zero attached hydrogens (tertiary/aromatic N) is 1. The van der Waals surface area contributed by atoms with Crippen molar-refractivity contribution in [3.8, 4) is 5.75 Å². The Morgan fingerprint density at radius 3 is 2.65 bits per heavy atom. The Morgan fingerprint density at radius 2 is 2.06 bits per heavy atom. The summed E-state index contributed by atoms with van der Waals surface area (Å²) in [6, 6.07) is 6.68. The monoisotopic (exact) mass is 237 g/mol. The molecular formula is C12H15NO4. The summed E-state index contributed by atoms with van der Waals surface area (Å²) >= 11 is 0. The van der Waals surface area contributed by atoms with Crippen LogP contribution in [-0.4, -0.2) is 42.6 Å². The lowest BCUT2D eigenvalue weighted by molar-refractivity contribution is -0.137. The van der Waals surface area contributed by atoms with Crippen LogP contribution in [0.1, 0.15) is 16.8 Å². The van der Waals surface area contributed by atoms with E-state index in [4.69, 9.17) is 9.84 Å². The molecule has 0 saturated carbocycles. The highest BCUT2D eigenvalue weighted by Crippen LogP contribution is 2.14. The largest absolute Gasteiger partial charge is 0.493 e. The molecule has 0 radical (unpaired) electrons. The highest BCUT2D eigenvalue weighted by atomic mass is 16.5. The third-order valence-electron chi connectivity index (χ3n) is 2.07. The summed E-state index contributed by atoms with van der Waals surface area (Å²) < 4.78 is 5.24. The number of benzene rings is 1. The van der Waals surface area contributed by atoms with Gasteiger partial charge in [0.05, 0.1) is 13.0 Å². The molecule has 1 rings (SSSR count). The van der Waals surface area contributed by atoms with E-state index in [1.54, 1.807) is 38.4 Å². The van der Waals surface area contributed by atoms with Gasteiger partial charge in [0, 0.05) is 19.7 Å². The van der Waals surface area contributed by atoms with Crippen LogP contribution in [0.25, 0.3) is 0 Å². The van der Waals surface area contributed by atoms with Crippen LogP contribution in [0, 0.1) is 0 Å². The Bertz CT molecular complexity index is 415. The summed E-state index contributed by atoms with van der Waals surface area (Å²) in [7, 11) is 3.33. The van der Waals surface area contributed by atoms with E-state index in [1.165, 1.54) is 4.90 Å². The van der Waals surface area contributed by atoms with Gasteiger partial charge in [-0.2, -0.15) is 0 Å². The molecule has 0 aliphatic rings. The van der Waals surface area contributed by atoms with Crippen LogP contribution in [0.4, 0.5) is 0 Å². The zero-order valence-electron chi connectivity index (χ0n) is 9.84. The maximum absolute atomic E-state index is 11.7. The van der Waals surface area contributed by atoms with Crippen molar-refractivity contribution >= 4 is 11.9 Å². The van der Waals surface area contributed by atoms with Gasteiger partial charge in [-0.25, -0.2) is 0 Å². The van der Waals surface area contributed by atoms with E-state index >= 15 is 0 Å². The number of carbonyl (C=O) groups is 2. The summed E-state index contributed by atoms with van der Waals surface area (Å²) in [6.07, 6.45) is -0.0636. The molecule has 0 fully saturated rings. The molecule has 0 bridgehead atoms. The van der Waals surface area contributed by atoms with Crippen LogP contribution in [-0.2, 0) is 4.79 Å². The van der Waals surface area contributed by atoms with Crippen molar-refractivity contribution in [3.63, 3.8) is 0 Å². The lowest BCUT2D eigenvalue weighted by atomic mass is 10.2. The van der Waals surface area contributed by atoms with Gasteiger partial charge in [0.25, 0.3) is 5.91 Å². The molecule has 0 aliphatic carbocycles. The minimum absolute atomic E-state index is 0.0636. The SMILES string of the molecule is CN(C)C(=O)c1cccc(OCCC(=O)O)c1. The van der Waals surface area contributed by atoms with Crippen LogP contribution < -0.4 is 4.74 Å². The summed E-state index contributed by atoms with van der Waals surface area (Å²) in [5, 5.41) is 8.47. The van der Waals surface area contributed by atoms with Crippen LogP contribution in [0.3, 0.4) is 0 Å². The Kier molecular flexibility index (Phi) is 4.51. The van der Waals surface area contributed by atoms with Crippen molar-refractivity contribution in [2.24, 2.45) is 0 Å². The summed E-state index contributed by atoms with van der Waals surface area (Å²) in [5.74, 6) is -0.529. The standard InChI is InChI=1S/C12H15NO4/c1-13(2)12(16)9-4-3-5-10(8-9)17-7-6-11(14)15/h3-5,8H,6-7H2,1-2H3,(H,14,15). The first-order valence-corrected chi connectivity index (χ1v) is 5.17. The Hall–Kier alpha value is -2.04. The second-order valence-electron chi connectivity index (χ2n) is 3.72. The minimum Gasteiger partial charge on any atom is -0.493 e. The van der Waals surface area contributed by atoms with E-state index in [2.05, 4.69) is 0 Å². The molecule has 1 aromatic rings. The fourth-order valence-electron chi connectivity index (χ4n) is 1.23. The van der Waals surface area contributed by atoms with Crippen molar-refractivity contribution in [2.45, 2.75) is 6.42 Å². The smallest absolute Gasteiger partial charge is 0.306 e. The maximum atomic E-state index is 11.7. The van der Waals surface area contributed by atoms with E-state index in [9.17, 15) is 9.59 Å². The number of ether oxygens (including phenoxy) is 1. The van der Waals surface area contributed by atoms with Gasteiger partial charge in [0.15, 0.2) is 0 Å². The van der Waals surface area contributed by atoms with E-state index < -0.39 is 5.97 Å². The predicted octanol–water partition coefficient (Wildman–Crippen LogP) is 1.24. The first-order chi connectivity index (χ1) is 8.00. The fraction of sp³-hybridized carbons (Fsp3) is 0.333. The molecule has 17 heavy (non-hydrogen) atoms. The molecule has 1 N–H and O–H groups in total. The second-order valence-corrected chi connectivity index (χ2v) is 3.72. The van der Waals surface area contributed by atoms with Crippen molar-refractivity contribution in [3.05, 3.63) is 29.8 Å². The Morgan fingerprint density at radius 1 is 1.35 bits per heavy atom. The van der Waals surface area contributed by atoms with Crippen LogP contribution in [0.2, 0.25) is 0 Å². The molecule has 0 saturated heterocycles. The fourth-order valence-corrected chi connectivity index (χ4v) is 1.23. The zero-order valence-corrected chi connectivity index (χ0v) is 9.84. The molecule has 1 aromatic carbocycles. The van der Waals surface area contributed by atoms with Crippen molar-refractivity contribution in [1.29, 1.82) is 0 Å². The van der Waals surface area contributed by atoms with Crippen LogP contribution in [0.15, 0.2) is 24.3 Å². The summed E-state index contributed by atoms with van der Waals surface area (Å²) in [4.78, 5) is 23.4. The van der Waals surface area contributed by atoms with Gasteiger partial charge < -0.3 is 14.7 Å². The molecule has 92 valence electrons. The Balaban J connectivity index is 2.66.